The zero-order valence-electron chi connectivity index (χ0n) is 16.2. The molecule has 0 bridgehead atoms. The Morgan fingerprint density at radius 2 is 1.40 bits per heavy atom. The highest BCUT2D eigenvalue weighted by atomic mass is 16.4. The lowest BCUT2D eigenvalue weighted by atomic mass is 10.0. The molecule has 0 saturated heterocycles. The number of carbonyl (C=O) groups excluding carboxylic acids is 1. The molecule has 0 radical (unpaired) electrons. The first-order valence-electron chi connectivity index (χ1n) is 9.92. The van der Waals surface area contributed by atoms with Gasteiger partial charge in [-0.15, -0.1) is 0 Å². The lowest BCUT2D eigenvalue weighted by Gasteiger charge is -2.33. The molecule has 25 heavy (non-hydrogen) atoms. The molecule has 0 fully saturated rings. The van der Waals surface area contributed by atoms with Gasteiger partial charge in [-0.25, -0.2) is 0 Å². The number of rotatable bonds is 16. The summed E-state index contributed by atoms with van der Waals surface area (Å²) in [5, 5.41) is 30.6. The Hall–Kier alpha value is -0.690. The first kappa shape index (κ1) is 24.3. The SMILES string of the molecule is CCCCCCCCCCCCCC(=O)NC(C)(N)C(O)C(O)CO. The molecule has 0 aromatic carbocycles. The van der Waals surface area contributed by atoms with Crippen molar-refractivity contribution in [1.29, 1.82) is 0 Å². The van der Waals surface area contributed by atoms with Gasteiger partial charge in [0.2, 0.25) is 5.91 Å². The second-order valence-electron chi connectivity index (χ2n) is 7.31. The minimum atomic E-state index is -1.46. The van der Waals surface area contributed by atoms with Crippen LogP contribution >= 0.6 is 0 Å². The van der Waals surface area contributed by atoms with E-state index in [0.29, 0.717) is 6.42 Å². The van der Waals surface area contributed by atoms with Crippen molar-refractivity contribution in [2.45, 2.75) is 109 Å². The Kier molecular flexibility index (Phi) is 14.1. The molecule has 3 unspecified atom stereocenters. The van der Waals surface area contributed by atoms with Crippen LogP contribution in [0.3, 0.4) is 0 Å². The van der Waals surface area contributed by atoms with Crippen molar-refractivity contribution in [2.75, 3.05) is 6.61 Å². The van der Waals surface area contributed by atoms with Crippen LogP contribution in [0.4, 0.5) is 0 Å². The predicted molar refractivity (Wildman–Crippen MR) is 101 cm³/mol. The van der Waals surface area contributed by atoms with E-state index < -0.39 is 24.5 Å². The van der Waals surface area contributed by atoms with E-state index in [1.54, 1.807) is 0 Å². The van der Waals surface area contributed by atoms with Gasteiger partial charge in [0.15, 0.2) is 0 Å². The zero-order chi connectivity index (χ0) is 19.1. The van der Waals surface area contributed by atoms with Gasteiger partial charge in [0.1, 0.15) is 17.9 Å². The zero-order valence-corrected chi connectivity index (χ0v) is 16.2. The molecule has 0 aromatic heterocycles. The fourth-order valence-corrected chi connectivity index (χ4v) is 2.89. The Morgan fingerprint density at radius 1 is 0.960 bits per heavy atom. The topological polar surface area (TPSA) is 116 Å². The van der Waals surface area contributed by atoms with Gasteiger partial charge >= 0.3 is 0 Å². The minimum absolute atomic E-state index is 0.245. The Labute approximate surface area is 153 Å². The number of unbranched alkanes of at least 4 members (excludes halogenated alkanes) is 10. The summed E-state index contributed by atoms with van der Waals surface area (Å²) in [6.45, 7) is 3.05. The number of nitrogens with two attached hydrogens (primary N) is 1. The van der Waals surface area contributed by atoms with Crippen LogP contribution in [0.5, 0.6) is 0 Å². The Bertz CT molecular complexity index is 337. The van der Waals surface area contributed by atoms with E-state index in [-0.39, 0.29) is 5.91 Å². The summed E-state index contributed by atoms with van der Waals surface area (Å²) in [4.78, 5) is 11.9. The third-order valence-electron chi connectivity index (χ3n) is 4.58. The number of carbonyl (C=O) groups is 1. The number of hydrogen-bond acceptors (Lipinski definition) is 5. The highest BCUT2D eigenvalue weighted by molar-refractivity contribution is 5.76. The maximum atomic E-state index is 11.9. The van der Waals surface area contributed by atoms with Crippen molar-refractivity contribution in [2.24, 2.45) is 5.73 Å². The molecule has 0 aliphatic rings. The van der Waals surface area contributed by atoms with E-state index in [0.717, 1.165) is 19.3 Å². The van der Waals surface area contributed by atoms with Crippen LogP contribution < -0.4 is 11.1 Å². The lowest BCUT2D eigenvalue weighted by Crippen LogP contribution is -2.64. The molecule has 0 aliphatic heterocycles. The van der Waals surface area contributed by atoms with E-state index in [2.05, 4.69) is 12.2 Å². The number of hydrogen-bond donors (Lipinski definition) is 5. The molecule has 0 spiro atoms. The largest absolute Gasteiger partial charge is 0.394 e. The monoisotopic (exact) mass is 360 g/mol. The maximum absolute atomic E-state index is 11.9. The molecule has 3 atom stereocenters. The summed E-state index contributed by atoms with van der Waals surface area (Å²) in [5.74, 6) is -0.245. The maximum Gasteiger partial charge on any atom is 0.221 e. The van der Waals surface area contributed by atoms with Gasteiger partial charge in [-0.1, -0.05) is 71.1 Å². The van der Waals surface area contributed by atoms with Crippen molar-refractivity contribution in [3.05, 3.63) is 0 Å². The normalized spacial score (nSPS) is 16.2. The van der Waals surface area contributed by atoms with Gasteiger partial charge in [-0.3, -0.25) is 4.79 Å². The van der Waals surface area contributed by atoms with Crippen LogP contribution in [-0.4, -0.2) is 45.7 Å². The first-order valence-corrected chi connectivity index (χ1v) is 9.92. The van der Waals surface area contributed by atoms with Crippen LogP contribution in [-0.2, 0) is 4.79 Å². The summed E-state index contributed by atoms with van der Waals surface area (Å²) in [6.07, 6.45) is 11.0. The molecule has 150 valence electrons. The molecule has 6 nitrogen and oxygen atoms in total. The second-order valence-corrected chi connectivity index (χ2v) is 7.31. The highest BCUT2D eigenvalue weighted by Crippen LogP contribution is 2.12. The molecule has 0 heterocycles. The molecule has 6 heteroatoms. The van der Waals surface area contributed by atoms with Crippen molar-refractivity contribution in [1.82, 2.24) is 5.32 Å². The van der Waals surface area contributed by atoms with Crippen LogP contribution in [0.25, 0.3) is 0 Å². The van der Waals surface area contributed by atoms with Crippen LogP contribution in [0, 0.1) is 0 Å². The summed E-state index contributed by atoms with van der Waals surface area (Å²) >= 11 is 0. The van der Waals surface area contributed by atoms with Gasteiger partial charge in [0.05, 0.1) is 6.61 Å². The van der Waals surface area contributed by atoms with Gasteiger partial charge in [0, 0.05) is 6.42 Å². The summed E-state index contributed by atoms with van der Waals surface area (Å²) in [5.41, 5.74) is 4.35. The van der Waals surface area contributed by atoms with E-state index in [1.165, 1.54) is 58.3 Å². The third kappa shape index (κ3) is 12.3. The quantitative estimate of drug-likeness (QED) is 0.214. The Balaban J connectivity index is 3.64. The van der Waals surface area contributed by atoms with Crippen molar-refractivity contribution in [3.63, 3.8) is 0 Å². The molecule has 6 N–H and O–H groups in total. The molecular formula is C19H40N2O4. The van der Waals surface area contributed by atoms with Crippen molar-refractivity contribution in [3.8, 4) is 0 Å². The second kappa shape index (κ2) is 14.5. The van der Waals surface area contributed by atoms with Crippen molar-refractivity contribution < 1.29 is 20.1 Å². The standard InChI is InChI=1S/C19H40N2O4/c1-3-4-5-6-7-8-9-10-11-12-13-14-17(24)21-19(2,20)18(25)16(23)15-22/h16,18,22-23,25H,3-15,20H2,1-2H3,(H,21,24). The van der Waals surface area contributed by atoms with Gasteiger partial charge in [-0.2, -0.15) is 0 Å². The van der Waals surface area contributed by atoms with E-state index in [4.69, 9.17) is 10.8 Å². The lowest BCUT2D eigenvalue weighted by molar-refractivity contribution is -0.126. The number of nitrogens with one attached hydrogen (secondary N) is 1. The number of aliphatic hydroxyl groups excluding tert-OH is 3. The van der Waals surface area contributed by atoms with Gasteiger partial charge in [0.25, 0.3) is 0 Å². The fraction of sp³-hybridized carbons (Fsp3) is 0.947. The molecule has 0 aliphatic carbocycles. The molecular weight excluding hydrogens is 320 g/mol. The molecule has 0 aromatic rings. The van der Waals surface area contributed by atoms with Crippen LogP contribution in [0.2, 0.25) is 0 Å². The number of amides is 1. The first-order chi connectivity index (χ1) is 11.8. The average molecular weight is 361 g/mol. The molecule has 1 amide bonds. The average Bonchev–Trinajstić information content (AvgIpc) is 2.57. The predicted octanol–water partition coefficient (Wildman–Crippen LogP) is 2.19. The summed E-state index contributed by atoms with van der Waals surface area (Å²) in [7, 11) is 0. The molecule has 0 saturated carbocycles. The minimum Gasteiger partial charge on any atom is -0.394 e. The fourth-order valence-electron chi connectivity index (χ4n) is 2.89. The number of aliphatic hydroxyl groups is 3. The van der Waals surface area contributed by atoms with Crippen LogP contribution in [0.15, 0.2) is 0 Å². The van der Waals surface area contributed by atoms with E-state index in [9.17, 15) is 15.0 Å². The van der Waals surface area contributed by atoms with Crippen LogP contribution in [0.1, 0.15) is 90.9 Å². The highest BCUT2D eigenvalue weighted by Gasteiger charge is 2.34. The van der Waals surface area contributed by atoms with E-state index in [1.807, 2.05) is 0 Å². The van der Waals surface area contributed by atoms with E-state index >= 15 is 0 Å². The Morgan fingerprint density at radius 3 is 1.84 bits per heavy atom. The molecule has 0 rings (SSSR count). The van der Waals surface area contributed by atoms with Crippen molar-refractivity contribution >= 4 is 5.91 Å². The van der Waals surface area contributed by atoms with Gasteiger partial charge in [-0.05, 0) is 13.3 Å². The summed E-state index contributed by atoms with van der Waals surface area (Å²) < 4.78 is 0. The van der Waals surface area contributed by atoms with Gasteiger partial charge < -0.3 is 26.4 Å². The smallest absolute Gasteiger partial charge is 0.221 e. The summed E-state index contributed by atoms with van der Waals surface area (Å²) in [6, 6.07) is 0. The third-order valence-corrected chi connectivity index (χ3v) is 4.58.